The zero-order valence-electron chi connectivity index (χ0n) is 14.5. The number of hydrogen-bond acceptors (Lipinski definition) is 4. The molecule has 0 aliphatic heterocycles. The van der Waals surface area contributed by atoms with Crippen LogP contribution < -0.4 is 10.6 Å². The summed E-state index contributed by atoms with van der Waals surface area (Å²) >= 11 is 11.3. The van der Waals surface area contributed by atoms with E-state index in [1.54, 1.807) is 24.3 Å². The lowest BCUT2D eigenvalue weighted by Crippen LogP contribution is -2.34. The molecule has 0 spiro atoms. The number of rotatable bonds is 3. The highest BCUT2D eigenvalue weighted by Gasteiger charge is 2.12. The first kappa shape index (κ1) is 18.2. The standard InChI is InChI=1S/C21H14ClN3O2S/c22-16-9-2-1-8-15(16)19(26)25-21(28)23-14-7-5-6-13(12-14)20-24-17-10-3-4-11-18(17)27-20/h1-12H,(H2,23,25,26,28). The summed E-state index contributed by atoms with van der Waals surface area (Å²) < 4.78 is 5.79. The zero-order chi connectivity index (χ0) is 19.5. The second kappa shape index (κ2) is 7.80. The molecule has 1 aromatic heterocycles. The fourth-order valence-corrected chi connectivity index (χ4v) is 3.14. The minimum Gasteiger partial charge on any atom is -0.436 e. The largest absolute Gasteiger partial charge is 0.436 e. The van der Waals surface area contributed by atoms with E-state index in [2.05, 4.69) is 15.6 Å². The molecule has 0 aliphatic carbocycles. The van der Waals surface area contributed by atoms with Crippen molar-refractivity contribution in [1.29, 1.82) is 0 Å². The van der Waals surface area contributed by atoms with Crippen LogP contribution in [0.2, 0.25) is 5.02 Å². The molecule has 1 heterocycles. The van der Waals surface area contributed by atoms with Crippen LogP contribution >= 0.6 is 23.8 Å². The highest BCUT2D eigenvalue weighted by molar-refractivity contribution is 7.80. The number of nitrogens with zero attached hydrogens (tertiary/aromatic N) is 1. The normalized spacial score (nSPS) is 10.6. The monoisotopic (exact) mass is 407 g/mol. The van der Waals surface area contributed by atoms with Crippen LogP contribution in [0.15, 0.2) is 77.2 Å². The fraction of sp³-hybridized carbons (Fsp3) is 0. The number of nitrogens with one attached hydrogen (secondary N) is 2. The summed E-state index contributed by atoms with van der Waals surface area (Å²) in [7, 11) is 0. The third-order valence-electron chi connectivity index (χ3n) is 4.01. The Morgan fingerprint density at radius 1 is 1.00 bits per heavy atom. The molecule has 4 aromatic rings. The Morgan fingerprint density at radius 2 is 1.79 bits per heavy atom. The summed E-state index contributed by atoms with van der Waals surface area (Å²) in [5, 5.41) is 6.15. The van der Waals surface area contributed by atoms with Gasteiger partial charge < -0.3 is 9.73 Å². The van der Waals surface area contributed by atoms with E-state index in [-0.39, 0.29) is 11.0 Å². The van der Waals surface area contributed by atoms with Crippen molar-refractivity contribution >= 4 is 51.6 Å². The number of fused-ring (bicyclic) bond motifs is 1. The number of anilines is 1. The van der Waals surface area contributed by atoms with E-state index in [0.29, 0.717) is 22.2 Å². The van der Waals surface area contributed by atoms with Crippen molar-refractivity contribution in [2.75, 3.05) is 5.32 Å². The quantitative estimate of drug-likeness (QED) is 0.452. The summed E-state index contributed by atoms with van der Waals surface area (Å²) in [6, 6.07) is 21.8. The average molecular weight is 408 g/mol. The molecule has 28 heavy (non-hydrogen) atoms. The molecule has 0 radical (unpaired) electrons. The lowest BCUT2D eigenvalue weighted by molar-refractivity contribution is 0.0978. The second-order valence-corrected chi connectivity index (χ2v) is 6.77. The van der Waals surface area contributed by atoms with Crippen molar-refractivity contribution in [1.82, 2.24) is 10.3 Å². The van der Waals surface area contributed by atoms with Gasteiger partial charge in [0.1, 0.15) is 5.52 Å². The van der Waals surface area contributed by atoms with Crippen molar-refractivity contribution < 1.29 is 9.21 Å². The molecule has 4 rings (SSSR count). The Hall–Kier alpha value is -3.22. The predicted octanol–water partition coefficient (Wildman–Crippen LogP) is 5.28. The summed E-state index contributed by atoms with van der Waals surface area (Å²) in [5.74, 6) is 0.133. The highest BCUT2D eigenvalue weighted by Crippen LogP contribution is 2.26. The molecule has 0 saturated carbocycles. The van der Waals surface area contributed by atoms with Crippen LogP contribution in [0.4, 0.5) is 5.69 Å². The van der Waals surface area contributed by atoms with Crippen LogP contribution in [0.5, 0.6) is 0 Å². The first-order chi connectivity index (χ1) is 13.6. The van der Waals surface area contributed by atoms with Crippen LogP contribution in [0.1, 0.15) is 10.4 Å². The van der Waals surface area contributed by atoms with Gasteiger partial charge in [0, 0.05) is 11.3 Å². The Kier molecular flexibility index (Phi) is 5.06. The maximum absolute atomic E-state index is 12.3. The number of hydrogen-bond donors (Lipinski definition) is 2. The molecule has 1 amide bonds. The van der Waals surface area contributed by atoms with E-state index >= 15 is 0 Å². The van der Waals surface area contributed by atoms with E-state index in [1.807, 2.05) is 48.5 Å². The predicted molar refractivity (Wildman–Crippen MR) is 115 cm³/mol. The maximum Gasteiger partial charge on any atom is 0.258 e. The van der Waals surface area contributed by atoms with E-state index in [1.165, 1.54) is 0 Å². The lowest BCUT2D eigenvalue weighted by atomic mass is 10.2. The number of thiocarbonyl (C=S) groups is 1. The van der Waals surface area contributed by atoms with E-state index in [4.69, 9.17) is 28.2 Å². The molecule has 0 atom stereocenters. The summed E-state index contributed by atoms with van der Waals surface area (Å²) in [4.78, 5) is 16.8. The first-order valence-corrected chi connectivity index (χ1v) is 9.21. The van der Waals surface area contributed by atoms with Crippen LogP contribution in [-0.4, -0.2) is 16.0 Å². The third kappa shape index (κ3) is 3.88. The molecular formula is C21H14ClN3O2S. The maximum atomic E-state index is 12.3. The molecule has 7 heteroatoms. The number of carbonyl (C=O) groups excluding carboxylic acids is 1. The molecule has 0 saturated heterocycles. The second-order valence-electron chi connectivity index (χ2n) is 5.96. The fourth-order valence-electron chi connectivity index (χ4n) is 2.70. The molecule has 0 aliphatic rings. The number of benzene rings is 3. The summed E-state index contributed by atoms with van der Waals surface area (Å²) in [6.07, 6.45) is 0. The number of aromatic nitrogens is 1. The van der Waals surface area contributed by atoms with Gasteiger partial charge in [-0.2, -0.15) is 0 Å². The van der Waals surface area contributed by atoms with Gasteiger partial charge in [-0.1, -0.05) is 41.9 Å². The van der Waals surface area contributed by atoms with Gasteiger partial charge in [-0.05, 0) is 54.7 Å². The molecule has 0 fully saturated rings. The van der Waals surface area contributed by atoms with Crippen molar-refractivity contribution in [2.45, 2.75) is 0 Å². The van der Waals surface area contributed by atoms with E-state index < -0.39 is 0 Å². The minimum atomic E-state index is -0.377. The van der Waals surface area contributed by atoms with E-state index in [9.17, 15) is 4.79 Å². The van der Waals surface area contributed by atoms with E-state index in [0.717, 1.165) is 16.7 Å². The van der Waals surface area contributed by atoms with Crippen molar-refractivity contribution in [3.8, 4) is 11.5 Å². The van der Waals surface area contributed by atoms with Gasteiger partial charge in [-0.15, -0.1) is 0 Å². The SMILES string of the molecule is O=C(NC(=S)Nc1cccc(-c2nc3ccccc3o2)c1)c1ccccc1Cl. The Labute approximate surface area is 171 Å². The summed E-state index contributed by atoms with van der Waals surface area (Å²) in [6.45, 7) is 0. The molecule has 2 N–H and O–H groups in total. The minimum absolute atomic E-state index is 0.166. The van der Waals surface area contributed by atoms with Crippen molar-refractivity contribution in [2.24, 2.45) is 0 Å². The Bertz CT molecular complexity index is 1160. The number of oxazole rings is 1. The van der Waals surface area contributed by atoms with Gasteiger partial charge in [0.15, 0.2) is 10.7 Å². The van der Waals surface area contributed by atoms with Crippen molar-refractivity contribution in [3.05, 3.63) is 83.4 Å². The van der Waals surface area contributed by atoms with Gasteiger partial charge in [-0.3, -0.25) is 10.1 Å². The number of carbonyl (C=O) groups is 1. The van der Waals surface area contributed by atoms with Crippen molar-refractivity contribution in [3.63, 3.8) is 0 Å². The van der Waals surface area contributed by atoms with Crippen LogP contribution in [-0.2, 0) is 0 Å². The highest BCUT2D eigenvalue weighted by atomic mass is 35.5. The molecule has 138 valence electrons. The molecule has 0 bridgehead atoms. The zero-order valence-corrected chi connectivity index (χ0v) is 16.1. The van der Waals surface area contributed by atoms with Gasteiger partial charge in [0.25, 0.3) is 5.91 Å². The topological polar surface area (TPSA) is 67.2 Å². The van der Waals surface area contributed by atoms with Crippen LogP contribution in [0.3, 0.4) is 0 Å². The molecule has 5 nitrogen and oxygen atoms in total. The van der Waals surface area contributed by atoms with Gasteiger partial charge in [0.2, 0.25) is 5.89 Å². The summed E-state index contributed by atoms with van der Waals surface area (Å²) in [5.41, 5.74) is 3.36. The molecule has 0 unspecified atom stereocenters. The number of para-hydroxylation sites is 2. The number of amides is 1. The van der Waals surface area contributed by atoms with Gasteiger partial charge >= 0.3 is 0 Å². The Balaban J connectivity index is 1.49. The van der Waals surface area contributed by atoms with Gasteiger partial charge in [-0.25, -0.2) is 4.98 Å². The van der Waals surface area contributed by atoms with Crippen LogP contribution in [0.25, 0.3) is 22.6 Å². The van der Waals surface area contributed by atoms with Gasteiger partial charge in [0.05, 0.1) is 10.6 Å². The smallest absolute Gasteiger partial charge is 0.258 e. The molecule has 3 aromatic carbocycles. The lowest BCUT2D eigenvalue weighted by Gasteiger charge is -2.10. The first-order valence-electron chi connectivity index (χ1n) is 8.43. The van der Waals surface area contributed by atoms with Crippen LogP contribution in [0, 0.1) is 0 Å². The number of halogens is 1. The third-order valence-corrected chi connectivity index (χ3v) is 4.54. The molecular weight excluding hydrogens is 394 g/mol. The average Bonchev–Trinajstić information content (AvgIpc) is 3.12. The Morgan fingerprint density at radius 3 is 2.61 bits per heavy atom.